The minimum atomic E-state index is -0.392. The Hall–Kier alpha value is -3.93. The molecule has 0 aromatic heterocycles. The molecule has 0 atom stereocenters. The number of ether oxygens (including phenoxy) is 1. The van der Waals surface area contributed by atoms with E-state index in [2.05, 4.69) is 10.6 Å². The van der Waals surface area contributed by atoms with Crippen LogP contribution in [0.2, 0.25) is 0 Å². The van der Waals surface area contributed by atoms with Gasteiger partial charge in [-0.3, -0.25) is 14.4 Å². The van der Waals surface area contributed by atoms with Crippen molar-refractivity contribution in [1.82, 2.24) is 0 Å². The second kappa shape index (κ2) is 8.84. The molecule has 2 amide bonds. The zero-order valence-electron chi connectivity index (χ0n) is 16.1. The third-order valence-electron chi connectivity index (χ3n) is 4.30. The number of anilines is 2. The quantitative estimate of drug-likeness (QED) is 0.613. The van der Waals surface area contributed by atoms with Crippen molar-refractivity contribution in [2.75, 3.05) is 17.7 Å². The number of rotatable bonds is 6. The second-order valence-electron chi connectivity index (χ2n) is 6.32. The molecule has 0 unspecified atom stereocenters. The first-order chi connectivity index (χ1) is 14.0. The van der Waals surface area contributed by atoms with Gasteiger partial charge in [-0.2, -0.15) is 0 Å². The van der Waals surface area contributed by atoms with E-state index >= 15 is 0 Å². The number of hydrogen-bond acceptors (Lipinski definition) is 4. The van der Waals surface area contributed by atoms with Gasteiger partial charge in [0.2, 0.25) is 0 Å². The standard InChI is InChI=1S/C23H20N2O4/c1-15(26)17-6-5-7-18(14-17)24-23(28)20-8-3-4-9-21(20)25-22(27)16-10-12-19(29-2)13-11-16/h3-14H,1-2H3,(H,24,28)(H,25,27). The molecule has 0 aliphatic heterocycles. The zero-order chi connectivity index (χ0) is 20.8. The lowest BCUT2D eigenvalue weighted by atomic mass is 10.1. The predicted octanol–water partition coefficient (Wildman–Crippen LogP) is 4.40. The summed E-state index contributed by atoms with van der Waals surface area (Å²) in [6.07, 6.45) is 0. The van der Waals surface area contributed by atoms with Crippen LogP contribution in [0.25, 0.3) is 0 Å². The highest BCUT2D eigenvalue weighted by molar-refractivity contribution is 6.12. The van der Waals surface area contributed by atoms with Gasteiger partial charge >= 0.3 is 0 Å². The van der Waals surface area contributed by atoms with Gasteiger partial charge < -0.3 is 15.4 Å². The van der Waals surface area contributed by atoms with Gasteiger partial charge in [-0.1, -0.05) is 24.3 Å². The highest BCUT2D eigenvalue weighted by Crippen LogP contribution is 2.20. The molecule has 29 heavy (non-hydrogen) atoms. The number of ketones is 1. The van der Waals surface area contributed by atoms with E-state index in [1.165, 1.54) is 6.92 Å². The van der Waals surface area contributed by atoms with E-state index in [0.29, 0.717) is 33.8 Å². The Kier molecular flexibility index (Phi) is 6.04. The van der Waals surface area contributed by atoms with E-state index < -0.39 is 5.91 Å². The van der Waals surface area contributed by atoms with Crippen molar-refractivity contribution in [1.29, 1.82) is 0 Å². The fraction of sp³-hybridized carbons (Fsp3) is 0.0870. The van der Waals surface area contributed by atoms with Crippen LogP contribution in [0.3, 0.4) is 0 Å². The number of nitrogens with one attached hydrogen (secondary N) is 2. The number of amides is 2. The maximum absolute atomic E-state index is 12.8. The molecule has 0 radical (unpaired) electrons. The summed E-state index contributed by atoms with van der Waals surface area (Å²) in [7, 11) is 1.55. The molecule has 0 saturated carbocycles. The molecule has 6 heteroatoms. The number of hydrogen-bond donors (Lipinski definition) is 2. The van der Waals surface area contributed by atoms with Crippen molar-refractivity contribution < 1.29 is 19.1 Å². The minimum absolute atomic E-state index is 0.0896. The summed E-state index contributed by atoms with van der Waals surface area (Å²) in [4.78, 5) is 36.8. The molecule has 2 N–H and O–H groups in total. The number of Topliss-reactive ketones (excluding diaryl/α,β-unsaturated/α-hetero) is 1. The first kappa shape index (κ1) is 19.8. The van der Waals surface area contributed by atoms with Crippen LogP contribution in [0.15, 0.2) is 72.8 Å². The Labute approximate surface area is 168 Å². The van der Waals surface area contributed by atoms with E-state index in [-0.39, 0.29) is 11.7 Å². The Bertz CT molecular complexity index is 1060. The lowest BCUT2D eigenvalue weighted by molar-refractivity contribution is 0.100. The lowest BCUT2D eigenvalue weighted by Crippen LogP contribution is -2.18. The summed E-state index contributed by atoms with van der Waals surface area (Å²) in [5, 5.41) is 5.53. The van der Waals surface area contributed by atoms with Gasteiger partial charge in [-0.15, -0.1) is 0 Å². The first-order valence-electron chi connectivity index (χ1n) is 8.94. The Morgan fingerprint density at radius 2 is 1.48 bits per heavy atom. The molecule has 0 fully saturated rings. The van der Waals surface area contributed by atoms with Crippen LogP contribution in [-0.4, -0.2) is 24.7 Å². The average molecular weight is 388 g/mol. The summed E-state index contributed by atoms with van der Waals surface area (Å²) in [6, 6.07) is 20.1. The Morgan fingerprint density at radius 1 is 0.759 bits per heavy atom. The normalized spacial score (nSPS) is 10.1. The van der Waals surface area contributed by atoms with E-state index in [1.807, 2.05) is 0 Å². The van der Waals surface area contributed by atoms with Gasteiger partial charge in [0.05, 0.1) is 18.4 Å². The summed E-state index contributed by atoms with van der Waals surface area (Å²) in [5.74, 6) is -0.176. The summed E-state index contributed by atoms with van der Waals surface area (Å²) < 4.78 is 5.09. The lowest BCUT2D eigenvalue weighted by Gasteiger charge is -2.12. The third kappa shape index (κ3) is 4.87. The van der Waals surface area contributed by atoms with Crippen molar-refractivity contribution >= 4 is 29.0 Å². The van der Waals surface area contributed by atoms with Crippen LogP contribution >= 0.6 is 0 Å². The molecular weight excluding hydrogens is 368 g/mol. The van der Waals surface area contributed by atoms with Crippen LogP contribution < -0.4 is 15.4 Å². The van der Waals surface area contributed by atoms with E-state index in [1.54, 1.807) is 79.9 Å². The largest absolute Gasteiger partial charge is 0.497 e. The molecule has 0 spiro atoms. The van der Waals surface area contributed by atoms with Crippen LogP contribution in [0.1, 0.15) is 38.0 Å². The number of benzene rings is 3. The molecule has 146 valence electrons. The summed E-state index contributed by atoms with van der Waals surface area (Å²) in [5.41, 5.74) is 2.13. The van der Waals surface area contributed by atoms with Crippen LogP contribution in [0.4, 0.5) is 11.4 Å². The van der Waals surface area contributed by atoms with Crippen LogP contribution in [-0.2, 0) is 0 Å². The maximum atomic E-state index is 12.8. The molecule has 3 rings (SSSR count). The van der Waals surface area contributed by atoms with E-state index in [4.69, 9.17) is 4.74 Å². The van der Waals surface area contributed by atoms with Gasteiger partial charge in [-0.05, 0) is 55.5 Å². The van der Waals surface area contributed by atoms with E-state index in [0.717, 1.165) is 0 Å². The number of carbonyl (C=O) groups excluding carboxylic acids is 3. The monoisotopic (exact) mass is 388 g/mol. The second-order valence-corrected chi connectivity index (χ2v) is 6.32. The molecular formula is C23H20N2O4. The number of methoxy groups -OCH3 is 1. The Balaban J connectivity index is 1.79. The predicted molar refractivity (Wildman–Crippen MR) is 112 cm³/mol. The number of carbonyl (C=O) groups is 3. The van der Waals surface area contributed by atoms with Crippen LogP contribution in [0.5, 0.6) is 5.75 Å². The smallest absolute Gasteiger partial charge is 0.257 e. The fourth-order valence-corrected chi connectivity index (χ4v) is 2.74. The van der Waals surface area contributed by atoms with Gasteiger partial charge in [0.15, 0.2) is 5.78 Å². The van der Waals surface area contributed by atoms with Crippen molar-refractivity contribution in [2.45, 2.75) is 6.92 Å². The number of para-hydroxylation sites is 1. The van der Waals surface area contributed by atoms with E-state index in [9.17, 15) is 14.4 Å². The van der Waals surface area contributed by atoms with Gasteiger partial charge in [0.1, 0.15) is 5.75 Å². The summed E-state index contributed by atoms with van der Waals surface area (Å²) in [6.45, 7) is 1.46. The molecule has 3 aromatic rings. The molecule has 0 aliphatic rings. The van der Waals surface area contributed by atoms with Crippen molar-refractivity contribution in [3.8, 4) is 5.75 Å². The zero-order valence-corrected chi connectivity index (χ0v) is 16.1. The fourth-order valence-electron chi connectivity index (χ4n) is 2.74. The summed E-state index contributed by atoms with van der Waals surface area (Å²) >= 11 is 0. The topological polar surface area (TPSA) is 84.5 Å². The third-order valence-corrected chi connectivity index (χ3v) is 4.30. The maximum Gasteiger partial charge on any atom is 0.257 e. The molecule has 6 nitrogen and oxygen atoms in total. The molecule has 3 aromatic carbocycles. The SMILES string of the molecule is COc1ccc(C(=O)Nc2ccccc2C(=O)Nc2cccc(C(C)=O)c2)cc1. The first-order valence-corrected chi connectivity index (χ1v) is 8.94. The molecule has 0 aliphatic carbocycles. The molecule has 0 heterocycles. The Morgan fingerprint density at radius 3 is 2.17 bits per heavy atom. The minimum Gasteiger partial charge on any atom is -0.497 e. The molecule has 0 bridgehead atoms. The van der Waals surface area contributed by atoms with Crippen LogP contribution in [0, 0.1) is 0 Å². The van der Waals surface area contributed by atoms with Crippen molar-refractivity contribution in [3.63, 3.8) is 0 Å². The highest BCUT2D eigenvalue weighted by Gasteiger charge is 2.15. The average Bonchev–Trinajstić information content (AvgIpc) is 2.74. The van der Waals surface area contributed by atoms with Gasteiger partial charge in [-0.25, -0.2) is 0 Å². The van der Waals surface area contributed by atoms with Crippen molar-refractivity contribution in [2.24, 2.45) is 0 Å². The highest BCUT2D eigenvalue weighted by atomic mass is 16.5. The van der Waals surface area contributed by atoms with Crippen molar-refractivity contribution in [3.05, 3.63) is 89.5 Å². The van der Waals surface area contributed by atoms with Gasteiger partial charge in [0.25, 0.3) is 11.8 Å². The molecule has 0 saturated heterocycles. The van der Waals surface area contributed by atoms with Gasteiger partial charge in [0, 0.05) is 16.8 Å².